The second kappa shape index (κ2) is 7.80. The van der Waals surface area contributed by atoms with Crippen LogP contribution in [0.25, 0.3) is 5.57 Å². The number of rotatable bonds is 7. The second-order valence-corrected chi connectivity index (χ2v) is 6.72. The Morgan fingerprint density at radius 2 is 1.88 bits per heavy atom. The molecule has 0 saturated heterocycles. The molecule has 8 heteroatoms. The van der Waals surface area contributed by atoms with Crippen molar-refractivity contribution in [3.05, 3.63) is 67.0 Å². The molecule has 2 rings (SSSR count). The van der Waals surface area contributed by atoms with Crippen molar-refractivity contribution in [3.8, 4) is 5.75 Å². The van der Waals surface area contributed by atoms with E-state index in [1.807, 2.05) is 0 Å². The van der Waals surface area contributed by atoms with Gasteiger partial charge in [-0.3, -0.25) is 0 Å². The van der Waals surface area contributed by atoms with E-state index in [0.717, 1.165) is 10.4 Å². The summed E-state index contributed by atoms with van der Waals surface area (Å²) in [5.74, 6) is 1.49. The zero-order valence-electron chi connectivity index (χ0n) is 14.2. The van der Waals surface area contributed by atoms with E-state index in [-0.39, 0.29) is 10.7 Å². The Kier molecular flexibility index (Phi) is 5.76. The predicted molar refractivity (Wildman–Crippen MR) is 94.5 cm³/mol. The van der Waals surface area contributed by atoms with Gasteiger partial charge in [0.2, 0.25) is 0 Å². The van der Waals surface area contributed by atoms with Gasteiger partial charge in [0.15, 0.2) is 5.82 Å². The lowest BCUT2D eigenvalue weighted by Crippen LogP contribution is -2.13. The highest BCUT2D eigenvalue weighted by molar-refractivity contribution is 7.89. The van der Waals surface area contributed by atoms with Gasteiger partial charge in [0.1, 0.15) is 12.1 Å². The van der Waals surface area contributed by atoms with Crippen LogP contribution in [0.1, 0.15) is 12.7 Å². The maximum atomic E-state index is 12.6. The van der Waals surface area contributed by atoms with Crippen LogP contribution in [0, 0.1) is 0 Å². The third-order valence-corrected chi connectivity index (χ3v) is 4.91. The molecule has 0 aliphatic carbocycles. The number of ether oxygens (including phenoxy) is 2. The van der Waals surface area contributed by atoms with Crippen LogP contribution in [0.3, 0.4) is 0 Å². The Morgan fingerprint density at radius 1 is 1.20 bits per heavy atom. The van der Waals surface area contributed by atoms with E-state index < -0.39 is 10.0 Å². The minimum absolute atomic E-state index is 0.0870. The van der Waals surface area contributed by atoms with E-state index in [4.69, 9.17) is 9.47 Å². The average Bonchev–Trinajstić information content (AvgIpc) is 3.12. The molecule has 0 radical (unpaired) electrons. The maximum Gasteiger partial charge on any atom is 0.284 e. The molecule has 0 aliphatic heterocycles. The number of nitrogens with zero attached hydrogens (tertiary/aromatic N) is 3. The molecular formula is C17H19N3O4S. The number of aromatic nitrogens is 3. The third-order valence-electron chi connectivity index (χ3n) is 3.37. The van der Waals surface area contributed by atoms with Crippen molar-refractivity contribution >= 4 is 15.6 Å². The fourth-order valence-electron chi connectivity index (χ4n) is 1.86. The molecule has 0 amide bonds. The summed E-state index contributed by atoms with van der Waals surface area (Å²) in [6.45, 7) is 5.49. The Labute approximate surface area is 147 Å². The van der Waals surface area contributed by atoms with E-state index in [1.165, 1.54) is 19.2 Å². The number of allylic oxidation sites excluding steroid dienone is 5. The van der Waals surface area contributed by atoms with Gasteiger partial charge in [-0.25, -0.2) is 4.98 Å². The Morgan fingerprint density at radius 3 is 2.44 bits per heavy atom. The lowest BCUT2D eigenvalue weighted by molar-refractivity contribution is 0.294. The standard InChI is InChI=1S/C17H19N3O4S/c1-5-14(7-6-13(2)23-3)17-18-12-20(19-17)25(21,22)16-10-8-15(24-4)9-11-16/h5-12H,1H2,2-4H3/b13-6+,14-7+. The smallest absolute Gasteiger partial charge is 0.284 e. The van der Waals surface area contributed by atoms with Crippen LogP contribution in [0.4, 0.5) is 0 Å². The van der Waals surface area contributed by atoms with Crippen molar-refractivity contribution in [1.29, 1.82) is 0 Å². The van der Waals surface area contributed by atoms with E-state index >= 15 is 0 Å². The molecule has 1 aromatic carbocycles. The summed E-state index contributed by atoms with van der Waals surface area (Å²) in [7, 11) is -0.768. The first-order valence-corrected chi connectivity index (χ1v) is 8.73. The van der Waals surface area contributed by atoms with Crippen LogP contribution in [-0.4, -0.2) is 36.8 Å². The van der Waals surface area contributed by atoms with E-state index in [9.17, 15) is 8.42 Å². The lowest BCUT2D eigenvalue weighted by Gasteiger charge is -2.04. The minimum atomic E-state index is -3.83. The predicted octanol–water partition coefficient (Wildman–Crippen LogP) is 2.64. The van der Waals surface area contributed by atoms with Gasteiger partial charge in [0.05, 0.1) is 24.9 Å². The number of methoxy groups -OCH3 is 2. The molecule has 0 unspecified atom stereocenters. The van der Waals surface area contributed by atoms with Crippen LogP contribution in [0.5, 0.6) is 5.75 Å². The summed E-state index contributed by atoms with van der Waals surface area (Å²) in [4.78, 5) is 4.14. The largest absolute Gasteiger partial charge is 0.501 e. The average molecular weight is 361 g/mol. The molecule has 0 atom stereocenters. The number of hydrogen-bond donors (Lipinski definition) is 0. The fraction of sp³-hybridized carbons (Fsp3) is 0.176. The molecule has 2 aromatic rings. The second-order valence-electron chi connectivity index (χ2n) is 4.93. The quantitative estimate of drug-likeness (QED) is 0.557. The van der Waals surface area contributed by atoms with Crippen molar-refractivity contribution in [2.75, 3.05) is 14.2 Å². The normalized spacial score (nSPS) is 12.8. The monoisotopic (exact) mass is 361 g/mol. The zero-order valence-corrected chi connectivity index (χ0v) is 15.0. The van der Waals surface area contributed by atoms with Gasteiger partial charge in [0.25, 0.3) is 10.0 Å². The fourth-order valence-corrected chi connectivity index (χ4v) is 2.91. The highest BCUT2D eigenvalue weighted by Gasteiger charge is 2.19. The summed E-state index contributed by atoms with van der Waals surface area (Å²) in [5.41, 5.74) is 0.570. The number of benzene rings is 1. The van der Waals surface area contributed by atoms with Crippen molar-refractivity contribution in [3.63, 3.8) is 0 Å². The van der Waals surface area contributed by atoms with Crippen LogP contribution in [-0.2, 0) is 14.8 Å². The molecule has 0 aliphatic rings. The summed E-state index contributed by atoms with van der Waals surface area (Å²) in [5, 5.41) is 4.05. The van der Waals surface area contributed by atoms with Gasteiger partial charge in [-0.2, -0.15) is 8.42 Å². The Balaban J connectivity index is 2.37. The van der Waals surface area contributed by atoms with Crippen LogP contribution < -0.4 is 4.74 Å². The van der Waals surface area contributed by atoms with Crippen LogP contribution in [0.15, 0.2) is 66.1 Å². The minimum Gasteiger partial charge on any atom is -0.501 e. The molecule has 1 heterocycles. The van der Waals surface area contributed by atoms with Gasteiger partial charge in [-0.05, 0) is 43.3 Å². The first-order valence-electron chi connectivity index (χ1n) is 7.29. The topological polar surface area (TPSA) is 83.3 Å². The summed E-state index contributed by atoms with van der Waals surface area (Å²) in [6.07, 6.45) is 6.11. The van der Waals surface area contributed by atoms with Crippen molar-refractivity contribution in [2.45, 2.75) is 11.8 Å². The zero-order chi connectivity index (χ0) is 18.4. The van der Waals surface area contributed by atoms with Crippen molar-refractivity contribution in [1.82, 2.24) is 14.2 Å². The van der Waals surface area contributed by atoms with E-state index in [2.05, 4.69) is 16.7 Å². The van der Waals surface area contributed by atoms with E-state index in [0.29, 0.717) is 17.1 Å². The highest BCUT2D eigenvalue weighted by Crippen LogP contribution is 2.19. The van der Waals surface area contributed by atoms with Gasteiger partial charge in [-0.1, -0.05) is 12.7 Å². The van der Waals surface area contributed by atoms with Crippen LogP contribution in [0.2, 0.25) is 0 Å². The van der Waals surface area contributed by atoms with Gasteiger partial charge in [0, 0.05) is 5.57 Å². The van der Waals surface area contributed by atoms with Gasteiger partial charge in [-0.15, -0.1) is 9.19 Å². The SMILES string of the molecule is C=C/C(=C\C=C(/C)OC)c1ncn(S(=O)(=O)c2ccc(OC)cc2)n1. The Hall–Kier alpha value is -2.87. The first kappa shape index (κ1) is 18.5. The molecule has 7 nitrogen and oxygen atoms in total. The van der Waals surface area contributed by atoms with Gasteiger partial charge < -0.3 is 9.47 Å². The molecule has 0 N–H and O–H groups in total. The number of hydrogen-bond acceptors (Lipinski definition) is 6. The van der Waals surface area contributed by atoms with Gasteiger partial charge >= 0.3 is 0 Å². The first-order chi connectivity index (χ1) is 11.9. The molecular weight excluding hydrogens is 342 g/mol. The highest BCUT2D eigenvalue weighted by atomic mass is 32.2. The molecule has 0 bridgehead atoms. The van der Waals surface area contributed by atoms with Crippen molar-refractivity contribution < 1.29 is 17.9 Å². The molecule has 132 valence electrons. The molecule has 0 fully saturated rings. The molecule has 0 saturated carbocycles. The summed E-state index contributed by atoms with van der Waals surface area (Å²) >= 11 is 0. The third kappa shape index (κ3) is 4.16. The molecule has 25 heavy (non-hydrogen) atoms. The lowest BCUT2D eigenvalue weighted by atomic mass is 10.2. The summed E-state index contributed by atoms with van der Waals surface area (Å²) in [6, 6.07) is 6.03. The Bertz CT molecular complexity index is 910. The molecule has 0 spiro atoms. The van der Waals surface area contributed by atoms with Crippen molar-refractivity contribution in [2.24, 2.45) is 0 Å². The maximum absolute atomic E-state index is 12.6. The van der Waals surface area contributed by atoms with E-state index in [1.54, 1.807) is 44.4 Å². The molecule has 1 aromatic heterocycles. The van der Waals surface area contributed by atoms with Crippen LogP contribution >= 0.6 is 0 Å². The summed E-state index contributed by atoms with van der Waals surface area (Å²) < 4.78 is 36.1.